The molecule has 0 spiro atoms. The van der Waals surface area contributed by atoms with Gasteiger partial charge in [0.1, 0.15) is 22.4 Å². The molecule has 0 amide bonds. The summed E-state index contributed by atoms with van der Waals surface area (Å²) in [6.45, 7) is 29.9. The van der Waals surface area contributed by atoms with Crippen LogP contribution >= 0.6 is 0 Å². The Morgan fingerprint density at radius 3 is 1.08 bits per heavy atom. The monoisotopic (exact) mass is 1370 g/mol. The summed E-state index contributed by atoms with van der Waals surface area (Å²) in [5, 5.41) is 0. The third kappa shape index (κ3) is 16.6. The summed E-state index contributed by atoms with van der Waals surface area (Å²) >= 11 is 0. The van der Waals surface area contributed by atoms with Crippen LogP contribution < -0.4 is 0 Å². The number of benzene rings is 4. The maximum absolute atomic E-state index is 12.9. The highest BCUT2D eigenvalue weighted by Crippen LogP contribution is 2.65. The van der Waals surface area contributed by atoms with Gasteiger partial charge in [-0.25, -0.2) is 24.0 Å². The molecule has 4 aromatic carbocycles. The predicted octanol–water partition coefficient (Wildman–Crippen LogP) is 22.8. The average molecular weight is 1370 g/mol. The first-order valence-corrected chi connectivity index (χ1v) is 40.2. The molecule has 0 heterocycles. The van der Waals surface area contributed by atoms with Crippen LogP contribution in [0.25, 0.3) is 0 Å². The fraction of sp³-hybridized carbons (Fsp3) is 0.678. The molecule has 13 saturated carbocycles. The highest BCUT2D eigenvalue weighted by atomic mass is 16.6. The lowest BCUT2D eigenvalue weighted by Gasteiger charge is -2.61. The van der Waals surface area contributed by atoms with Gasteiger partial charge < -0.3 is 23.7 Å². The molecular weight excluding hydrogens is 1240 g/mol. The topological polar surface area (TPSA) is 132 Å². The zero-order valence-electron chi connectivity index (χ0n) is 63.9. The number of rotatable bonds is 21. The van der Waals surface area contributed by atoms with Gasteiger partial charge in [-0.05, 0) is 348 Å². The molecule has 4 unspecified atom stereocenters. The maximum Gasteiger partial charge on any atom is 0.344 e. The van der Waals surface area contributed by atoms with Crippen molar-refractivity contribution >= 4 is 29.8 Å². The van der Waals surface area contributed by atoms with Crippen LogP contribution in [-0.2, 0) is 28.5 Å². The zero-order chi connectivity index (χ0) is 71.5. The first-order chi connectivity index (χ1) is 47.7. The zero-order valence-corrected chi connectivity index (χ0v) is 63.9. The van der Waals surface area contributed by atoms with E-state index in [0.29, 0.717) is 75.5 Å². The lowest BCUT2D eigenvalue weighted by atomic mass is 9.46. The summed E-state index contributed by atoms with van der Waals surface area (Å²) in [5.74, 6) is 9.64. The summed E-state index contributed by atoms with van der Waals surface area (Å²) in [6, 6.07) is 31.6. The Kier molecular flexibility index (Phi) is 23.9. The molecule has 12 bridgehead atoms. The van der Waals surface area contributed by atoms with Crippen molar-refractivity contribution in [2.45, 2.75) is 304 Å². The second kappa shape index (κ2) is 31.7. The normalized spacial score (nSPS) is 31.4. The van der Waals surface area contributed by atoms with Crippen LogP contribution in [0.5, 0.6) is 0 Å². The molecule has 0 aromatic heterocycles. The fourth-order valence-corrected chi connectivity index (χ4v) is 21.8. The van der Waals surface area contributed by atoms with Gasteiger partial charge in [0.15, 0.2) is 6.61 Å². The lowest BCUT2D eigenvalue weighted by Crippen LogP contribution is -2.59. The van der Waals surface area contributed by atoms with Gasteiger partial charge in [0.2, 0.25) is 0 Å². The molecule has 0 aliphatic heterocycles. The molecule has 0 radical (unpaired) electrons. The molecule has 0 N–H and O–H groups in total. The van der Waals surface area contributed by atoms with Gasteiger partial charge in [0.05, 0.1) is 22.3 Å². The molecule has 13 aliphatic rings. The summed E-state index contributed by atoms with van der Waals surface area (Å²) in [7, 11) is 0. The number of ether oxygens (including phenoxy) is 5. The van der Waals surface area contributed by atoms with Crippen LogP contribution in [0.15, 0.2) is 97.1 Å². The number of carbonyl (C=O) groups is 5. The minimum atomic E-state index is -0.502. The Bertz CT molecular complexity index is 3310. The fourth-order valence-electron chi connectivity index (χ4n) is 21.8. The average Bonchev–Trinajstić information content (AvgIpc) is 0.763. The standard InChI is InChI=1S/C24H34O2.C23H32O2.C22H30O2.C21H30O4/c1-5-16(2)20-6-8-21(9-7-20)22(25)26-23(3,4)24-13-17-10-18(14-24)12-19(11-17)15-24;1-4-15(3)18-6-8-19(9-7-18)22(24)25-23(5-2)20-11-16-10-17(13-20)14-21(23)12-16;1-4-14(2)17-5-7-18(8-6-17)21(23)24-22(3)19-10-15-9-16(12-19)13-20(22)11-15;1-5-15(2)16-10-12-17(13-11-16)20(23)24-14-19(22)25-21(3,4)18-8-6-7-9-18/h6-9,16-19H,5,10-15H2,1-4H3;6-9,15-17,20-21H,4-5,10-14H2,1-3H3;5-8,14-16,19-20H,4,9-13H2,1-3H3;10-13,15,18H,5-9,14H2,1-4H3. The number of hydrogen-bond acceptors (Lipinski definition) is 10. The van der Waals surface area contributed by atoms with Crippen LogP contribution in [0.2, 0.25) is 0 Å². The minimum Gasteiger partial charge on any atom is -0.457 e. The molecule has 13 fully saturated rings. The van der Waals surface area contributed by atoms with Crippen molar-refractivity contribution < 1.29 is 47.7 Å². The van der Waals surface area contributed by atoms with Crippen molar-refractivity contribution in [3.63, 3.8) is 0 Å². The molecule has 13 aliphatic carbocycles. The van der Waals surface area contributed by atoms with E-state index < -0.39 is 17.5 Å². The first kappa shape index (κ1) is 75.4. The summed E-state index contributed by atoms with van der Waals surface area (Å²) in [6.07, 6.45) is 31.0. The van der Waals surface area contributed by atoms with Crippen LogP contribution in [0, 0.1) is 76.4 Å². The van der Waals surface area contributed by atoms with Crippen molar-refractivity contribution in [2.24, 2.45) is 76.4 Å². The van der Waals surface area contributed by atoms with E-state index in [-0.39, 0.29) is 46.7 Å². The number of hydrogen-bond donors (Lipinski definition) is 0. The largest absolute Gasteiger partial charge is 0.457 e. The number of esters is 5. The molecular formula is C90H126O10. The van der Waals surface area contributed by atoms with Gasteiger partial charge in [-0.3, -0.25) is 0 Å². The predicted molar refractivity (Wildman–Crippen MR) is 399 cm³/mol. The second-order valence-electron chi connectivity index (χ2n) is 35.3. The summed E-state index contributed by atoms with van der Waals surface area (Å²) in [4.78, 5) is 62.7. The highest BCUT2D eigenvalue weighted by Gasteiger charge is 2.61. The quantitative estimate of drug-likeness (QED) is 0.0587. The molecule has 4 atom stereocenters. The number of carbonyl (C=O) groups excluding carboxylic acids is 5. The van der Waals surface area contributed by atoms with Gasteiger partial charge in [0, 0.05) is 5.41 Å². The van der Waals surface area contributed by atoms with Gasteiger partial charge in [-0.15, -0.1) is 0 Å². The Hall–Kier alpha value is -5.77. The SMILES string of the molecule is CCC(C)c1ccc(C(=O)OC(C)(C)C23CC4CC(CC(C4)C2)C3)cc1.CCC(C)c1ccc(C(=O)OC2(C)C3CC4CC(C3)CC2C4)cc1.CCC(C)c1ccc(C(=O)OC2(CC)C3CC4CC(C3)CC2C4)cc1.CCC(C)c1ccc(C(=O)OCC(=O)OC(C)(C)C2CCCC2)cc1. The van der Waals surface area contributed by atoms with E-state index >= 15 is 0 Å². The molecule has 546 valence electrons. The molecule has 10 nitrogen and oxygen atoms in total. The van der Waals surface area contributed by atoms with Gasteiger partial charge in [0.25, 0.3) is 0 Å². The van der Waals surface area contributed by atoms with E-state index in [1.54, 1.807) is 12.1 Å². The molecule has 0 saturated heterocycles. The third-order valence-electron chi connectivity index (χ3n) is 28.4. The van der Waals surface area contributed by atoms with E-state index in [4.69, 9.17) is 23.7 Å². The Balaban J connectivity index is 0.000000134. The van der Waals surface area contributed by atoms with Crippen molar-refractivity contribution in [1.29, 1.82) is 0 Å². The molecule has 10 heteroatoms. The maximum atomic E-state index is 12.9. The van der Waals surface area contributed by atoms with Crippen molar-refractivity contribution in [3.8, 4) is 0 Å². The van der Waals surface area contributed by atoms with Crippen LogP contribution in [0.1, 0.15) is 345 Å². The van der Waals surface area contributed by atoms with E-state index in [2.05, 4.69) is 119 Å². The molecule has 100 heavy (non-hydrogen) atoms. The summed E-state index contributed by atoms with van der Waals surface area (Å²) in [5.41, 5.74) is 6.55. The third-order valence-corrected chi connectivity index (χ3v) is 28.4. The Labute approximate surface area is 602 Å². The van der Waals surface area contributed by atoms with E-state index in [1.165, 1.54) is 138 Å². The molecule has 17 rings (SSSR count). The van der Waals surface area contributed by atoms with E-state index in [0.717, 1.165) is 86.4 Å². The van der Waals surface area contributed by atoms with Gasteiger partial charge in [-0.2, -0.15) is 0 Å². The van der Waals surface area contributed by atoms with Crippen molar-refractivity contribution in [1.82, 2.24) is 0 Å². The summed E-state index contributed by atoms with van der Waals surface area (Å²) < 4.78 is 29.4. The van der Waals surface area contributed by atoms with Crippen molar-refractivity contribution in [3.05, 3.63) is 142 Å². The van der Waals surface area contributed by atoms with Crippen LogP contribution in [-0.4, -0.2) is 58.9 Å². The second-order valence-corrected chi connectivity index (χ2v) is 35.3. The Morgan fingerprint density at radius 1 is 0.410 bits per heavy atom. The van der Waals surface area contributed by atoms with Crippen LogP contribution in [0.3, 0.4) is 0 Å². The Morgan fingerprint density at radius 2 is 0.730 bits per heavy atom. The van der Waals surface area contributed by atoms with Gasteiger partial charge >= 0.3 is 29.8 Å². The first-order valence-electron chi connectivity index (χ1n) is 40.2. The van der Waals surface area contributed by atoms with Crippen molar-refractivity contribution in [2.75, 3.05) is 6.61 Å². The minimum absolute atomic E-state index is 0.106. The molecule has 4 aromatic rings. The van der Waals surface area contributed by atoms with E-state index in [1.807, 2.05) is 62.4 Å². The smallest absolute Gasteiger partial charge is 0.344 e. The van der Waals surface area contributed by atoms with E-state index in [9.17, 15) is 24.0 Å². The van der Waals surface area contributed by atoms with Crippen LogP contribution in [0.4, 0.5) is 0 Å². The highest BCUT2D eigenvalue weighted by molar-refractivity contribution is 5.92. The van der Waals surface area contributed by atoms with Gasteiger partial charge in [-0.1, -0.05) is 124 Å². The lowest BCUT2D eigenvalue weighted by molar-refractivity contribution is -0.176.